The summed E-state index contributed by atoms with van der Waals surface area (Å²) in [6.07, 6.45) is 0. The summed E-state index contributed by atoms with van der Waals surface area (Å²) in [6.45, 7) is 0. The first kappa shape index (κ1) is 11.7. The minimum absolute atomic E-state index is 0.789. The van der Waals surface area contributed by atoms with Gasteiger partial charge in [0, 0.05) is 15.4 Å². The Morgan fingerprint density at radius 2 is 1.81 bits per heavy atom. The fourth-order valence-corrected chi connectivity index (χ4v) is 2.21. The van der Waals surface area contributed by atoms with Gasteiger partial charge in [-0.2, -0.15) is 0 Å². The number of para-hydroxylation sites is 1. The minimum atomic E-state index is 0.789. The van der Waals surface area contributed by atoms with E-state index in [1.165, 1.54) is 0 Å². The van der Waals surface area contributed by atoms with Gasteiger partial charge in [-0.15, -0.1) is 0 Å². The molecule has 82 valence electrons. The van der Waals surface area contributed by atoms with Crippen LogP contribution in [0.5, 0.6) is 11.5 Å². The zero-order valence-electron chi connectivity index (χ0n) is 8.49. The molecule has 0 fully saturated rings. The summed E-state index contributed by atoms with van der Waals surface area (Å²) in [6, 6.07) is 15.8. The molecular formula is C13H10Br2O. The molecule has 0 aromatic heterocycles. The quantitative estimate of drug-likeness (QED) is 0.702. The van der Waals surface area contributed by atoms with Gasteiger partial charge in [0.1, 0.15) is 11.5 Å². The molecule has 2 aromatic carbocycles. The molecule has 2 rings (SSSR count). The van der Waals surface area contributed by atoms with Crippen LogP contribution >= 0.6 is 31.9 Å². The fourth-order valence-electron chi connectivity index (χ4n) is 1.37. The predicted molar refractivity (Wildman–Crippen MR) is 73.3 cm³/mol. The van der Waals surface area contributed by atoms with Gasteiger partial charge in [-0.25, -0.2) is 0 Å². The van der Waals surface area contributed by atoms with Crippen molar-refractivity contribution in [2.75, 3.05) is 0 Å². The highest BCUT2D eigenvalue weighted by atomic mass is 79.9. The van der Waals surface area contributed by atoms with Crippen molar-refractivity contribution in [1.29, 1.82) is 0 Å². The van der Waals surface area contributed by atoms with Crippen LogP contribution < -0.4 is 4.74 Å². The lowest BCUT2D eigenvalue weighted by atomic mass is 10.2. The number of hydrogen-bond acceptors (Lipinski definition) is 1. The van der Waals surface area contributed by atoms with Gasteiger partial charge < -0.3 is 4.74 Å². The Bertz CT molecular complexity index is 483. The first-order chi connectivity index (χ1) is 7.79. The third-order valence-corrected chi connectivity index (χ3v) is 3.24. The van der Waals surface area contributed by atoms with E-state index in [0.717, 1.165) is 26.9 Å². The lowest BCUT2D eigenvalue weighted by Gasteiger charge is -2.09. The van der Waals surface area contributed by atoms with Gasteiger partial charge in [-0.1, -0.05) is 56.1 Å². The van der Waals surface area contributed by atoms with Crippen LogP contribution in [0.3, 0.4) is 0 Å². The maximum absolute atomic E-state index is 5.82. The van der Waals surface area contributed by atoms with Crippen LogP contribution in [0.15, 0.2) is 53.0 Å². The molecule has 0 amide bonds. The van der Waals surface area contributed by atoms with E-state index in [9.17, 15) is 0 Å². The van der Waals surface area contributed by atoms with E-state index >= 15 is 0 Å². The minimum Gasteiger partial charge on any atom is -0.457 e. The molecule has 0 unspecified atom stereocenters. The molecule has 0 bridgehead atoms. The number of rotatable bonds is 3. The number of halogens is 2. The zero-order valence-corrected chi connectivity index (χ0v) is 11.7. The molecule has 0 saturated carbocycles. The summed E-state index contributed by atoms with van der Waals surface area (Å²) in [5, 5.41) is 0.789. The highest BCUT2D eigenvalue weighted by molar-refractivity contribution is 9.10. The highest BCUT2D eigenvalue weighted by Crippen LogP contribution is 2.28. The number of benzene rings is 2. The van der Waals surface area contributed by atoms with Crippen LogP contribution in [0, 0.1) is 0 Å². The van der Waals surface area contributed by atoms with Gasteiger partial charge in [-0.3, -0.25) is 0 Å². The second-order valence-corrected chi connectivity index (χ2v) is 4.78. The van der Waals surface area contributed by atoms with E-state index in [2.05, 4.69) is 31.9 Å². The Morgan fingerprint density at radius 1 is 1.00 bits per heavy atom. The summed E-state index contributed by atoms with van der Waals surface area (Å²) < 4.78 is 6.84. The maximum Gasteiger partial charge on any atom is 0.131 e. The van der Waals surface area contributed by atoms with E-state index in [4.69, 9.17) is 4.74 Å². The maximum atomic E-state index is 5.82. The van der Waals surface area contributed by atoms with Crippen LogP contribution in [0.1, 0.15) is 5.56 Å². The molecule has 1 nitrogen and oxygen atoms in total. The summed E-state index contributed by atoms with van der Waals surface area (Å²) >= 11 is 6.87. The molecule has 0 radical (unpaired) electrons. The second-order valence-electron chi connectivity index (χ2n) is 3.30. The van der Waals surface area contributed by atoms with E-state index < -0.39 is 0 Å². The topological polar surface area (TPSA) is 9.23 Å². The highest BCUT2D eigenvalue weighted by Gasteiger charge is 2.02. The monoisotopic (exact) mass is 340 g/mol. The molecule has 0 saturated heterocycles. The molecular weight excluding hydrogens is 332 g/mol. The van der Waals surface area contributed by atoms with Crippen molar-refractivity contribution in [3.8, 4) is 11.5 Å². The van der Waals surface area contributed by atoms with E-state index in [1.807, 2.05) is 48.5 Å². The van der Waals surface area contributed by atoms with Crippen LogP contribution in [0.2, 0.25) is 0 Å². The van der Waals surface area contributed by atoms with Crippen molar-refractivity contribution in [3.63, 3.8) is 0 Å². The van der Waals surface area contributed by atoms with Gasteiger partial charge in [-0.05, 0) is 24.3 Å². The van der Waals surface area contributed by atoms with Crippen molar-refractivity contribution in [3.05, 3.63) is 58.6 Å². The average Bonchev–Trinajstić information content (AvgIpc) is 2.30. The summed E-state index contributed by atoms with van der Waals surface area (Å²) in [5.41, 5.74) is 1.14. The van der Waals surface area contributed by atoms with Crippen LogP contribution in [0.25, 0.3) is 0 Å². The van der Waals surface area contributed by atoms with Crippen molar-refractivity contribution >= 4 is 31.9 Å². The van der Waals surface area contributed by atoms with Crippen LogP contribution in [-0.4, -0.2) is 0 Å². The molecule has 3 heteroatoms. The largest absolute Gasteiger partial charge is 0.457 e. The number of alkyl halides is 1. The molecule has 0 aliphatic rings. The van der Waals surface area contributed by atoms with Gasteiger partial charge in [0.25, 0.3) is 0 Å². The molecule has 16 heavy (non-hydrogen) atoms. The van der Waals surface area contributed by atoms with Crippen LogP contribution in [0.4, 0.5) is 0 Å². The fraction of sp³-hybridized carbons (Fsp3) is 0.0769. The molecule has 0 N–H and O–H groups in total. The van der Waals surface area contributed by atoms with E-state index in [1.54, 1.807) is 0 Å². The number of hydrogen-bond donors (Lipinski definition) is 0. The van der Waals surface area contributed by atoms with Crippen molar-refractivity contribution in [2.24, 2.45) is 0 Å². The summed E-state index contributed by atoms with van der Waals surface area (Å²) in [4.78, 5) is 0. The van der Waals surface area contributed by atoms with Crippen molar-refractivity contribution < 1.29 is 4.74 Å². The first-order valence-corrected chi connectivity index (χ1v) is 6.78. The normalized spacial score (nSPS) is 10.1. The average molecular weight is 342 g/mol. The van der Waals surface area contributed by atoms with Crippen molar-refractivity contribution in [1.82, 2.24) is 0 Å². The smallest absolute Gasteiger partial charge is 0.131 e. The Hall–Kier alpha value is -0.800. The van der Waals surface area contributed by atoms with Crippen LogP contribution in [-0.2, 0) is 5.33 Å². The molecule has 0 atom stereocenters. The van der Waals surface area contributed by atoms with E-state index in [-0.39, 0.29) is 0 Å². The standard InChI is InChI=1S/C13H10Br2O/c14-9-10-4-1-2-7-13(10)16-12-6-3-5-11(15)8-12/h1-8H,9H2. The van der Waals surface area contributed by atoms with Gasteiger partial charge >= 0.3 is 0 Å². The summed E-state index contributed by atoms with van der Waals surface area (Å²) in [7, 11) is 0. The number of ether oxygens (including phenoxy) is 1. The third-order valence-electron chi connectivity index (χ3n) is 2.14. The molecule has 0 spiro atoms. The predicted octanol–water partition coefficient (Wildman–Crippen LogP) is 5.14. The first-order valence-electron chi connectivity index (χ1n) is 4.87. The lowest BCUT2D eigenvalue weighted by Crippen LogP contribution is -1.88. The second kappa shape index (κ2) is 5.51. The Balaban J connectivity index is 2.26. The van der Waals surface area contributed by atoms with Gasteiger partial charge in [0.05, 0.1) is 0 Å². The Kier molecular flexibility index (Phi) is 4.02. The SMILES string of the molecule is BrCc1ccccc1Oc1cccc(Br)c1. The molecule has 0 aliphatic heterocycles. The molecule has 0 aliphatic carbocycles. The van der Waals surface area contributed by atoms with Gasteiger partial charge in [0.15, 0.2) is 0 Å². The summed E-state index contributed by atoms with van der Waals surface area (Å²) in [5.74, 6) is 1.72. The lowest BCUT2D eigenvalue weighted by molar-refractivity contribution is 0.478. The Morgan fingerprint density at radius 3 is 2.56 bits per heavy atom. The van der Waals surface area contributed by atoms with E-state index in [0.29, 0.717) is 0 Å². The van der Waals surface area contributed by atoms with Crippen molar-refractivity contribution in [2.45, 2.75) is 5.33 Å². The zero-order chi connectivity index (χ0) is 11.4. The molecule has 2 aromatic rings. The Labute approximate surface area is 112 Å². The molecule has 0 heterocycles. The van der Waals surface area contributed by atoms with Gasteiger partial charge in [0.2, 0.25) is 0 Å². The third kappa shape index (κ3) is 2.86.